The zero-order chi connectivity index (χ0) is 15.1. The molecule has 0 saturated heterocycles. The van der Waals surface area contributed by atoms with Crippen molar-refractivity contribution in [1.29, 1.82) is 0 Å². The molecular weight excluding hydrogens is 266 g/mol. The summed E-state index contributed by atoms with van der Waals surface area (Å²) < 4.78 is 1.75. The summed E-state index contributed by atoms with van der Waals surface area (Å²) in [6, 6.07) is 7.35. The minimum absolute atomic E-state index is 0.161. The lowest BCUT2D eigenvalue weighted by Gasteiger charge is -2.07. The topological polar surface area (TPSA) is 71.8 Å². The Bertz CT molecular complexity index is 593. The number of hydrogen-bond donors (Lipinski definition) is 2. The van der Waals surface area contributed by atoms with Gasteiger partial charge in [-0.2, -0.15) is 5.10 Å². The summed E-state index contributed by atoms with van der Waals surface area (Å²) in [4.78, 5) is 16.3. The van der Waals surface area contributed by atoms with Crippen LogP contribution in [-0.2, 0) is 13.5 Å². The predicted molar refractivity (Wildman–Crippen MR) is 82.3 cm³/mol. The fraction of sp³-hybridized carbons (Fsp3) is 0.400. The van der Waals surface area contributed by atoms with Crippen molar-refractivity contribution < 1.29 is 4.79 Å². The highest BCUT2D eigenvalue weighted by Gasteiger charge is 2.07. The third kappa shape index (κ3) is 4.59. The molecule has 0 aliphatic heterocycles. The summed E-state index contributed by atoms with van der Waals surface area (Å²) in [5.41, 5.74) is 1.39. The fourth-order valence-corrected chi connectivity index (χ4v) is 1.90. The second kappa shape index (κ2) is 7.42. The Balaban J connectivity index is 1.85. The molecule has 21 heavy (non-hydrogen) atoms. The molecule has 2 aromatic heterocycles. The van der Waals surface area contributed by atoms with Gasteiger partial charge in [0, 0.05) is 32.8 Å². The van der Waals surface area contributed by atoms with Gasteiger partial charge in [0.25, 0.3) is 5.91 Å². The molecule has 112 valence electrons. The Hall–Kier alpha value is -2.37. The van der Waals surface area contributed by atoms with Gasteiger partial charge >= 0.3 is 0 Å². The summed E-state index contributed by atoms with van der Waals surface area (Å²) in [6.07, 6.45) is 3.62. The van der Waals surface area contributed by atoms with E-state index in [1.807, 2.05) is 31.4 Å². The van der Waals surface area contributed by atoms with E-state index >= 15 is 0 Å². The van der Waals surface area contributed by atoms with Crippen LogP contribution in [-0.4, -0.2) is 33.8 Å². The number of anilines is 1. The summed E-state index contributed by atoms with van der Waals surface area (Å²) >= 11 is 0. The summed E-state index contributed by atoms with van der Waals surface area (Å²) in [5, 5.41) is 10.3. The molecule has 0 spiro atoms. The molecule has 6 nitrogen and oxygen atoms in total. The van der Waals surface area contributed by atoms with E-state index in [1.165, 1.54) is 0 Å². The van der Waals surface area contributed by atoms with Crippen LogP contribution in [0.4, 0.5) is 5.82 Å². The third-order valence-electron chi connectivity index (χ3n) is 2.97. The van der Waals surface area contributed by atoms with Crippen molar-refractivity contribution in [2.24, 2.45) is 7.05 Å². The monoisotopic (exact) mass is 287 g/mol. The number of aryl methyl sites for hydroxylation is 1. The van der Waals surface area contributed by atoms with Gasteiger partial charge in [0.05, 0.1) is 5.69 Å². The van der Waals surface area contributed by atoms with E-state index in [9.17, 15) is 4.79 Å². The SMILES string of the molecule is CCCNc1cccc(C(=O)NCCc2ccn(C)n2)n1. The second-order valence-corrected chi connectivity index (χ2v) is 4.82. The minimum Gasteiger partial charge on any atom is -0.370 e. The van der Waals surface area contributed by atoms with Gasteiger partial charge in [-0.05, 0) is 24.6 Å². The zero-order valence-electron chi connectivity index (χ0n) is 12.5. The van der Waals surface area contributed by atoms with Crippen LogP contribution in [0.15, 0.2) is 30.5 Å². The molecule has 0 atom stereocenters. The van der Waals surface area contributed by atoms with Gasteiger partial charge in [0.2, 0.25) is 0 Å². The standard InChI is InChI=1S/C15H21N5O/c1-3-9-16-14-6-4-5-13(18-14)15(21)17-10-7-12-8-11-20(2)19-12/h4-6,8,11H,3,7,9-10H2,1-2H3,(H,16,18)(H,17,21). The van der Waals surface area contributed by atoms with Gasteiger partial charge in [0.15, 0.2) is 0 Å². The summed E-state index contributed by atoms with van der Waals surface area (Å²) in [5.74, 6) is 0.570. The van der Waals surface area contributed by atoms with E-state index in [2.05, 4.69) is 27.6 Å². The van der Waals surface area contributed by atoms with E-state index in [1.54, 1.807) is 10.7 Å². The fourth-order valence-electron chi connectivity index (χ4n) is 1.90. The number of nitrogens with one attached hydrogen (secondary N) is 2. The Labute approximate surface area is 124 Å². The minimum atomic E-state index is -0.161. The Morgan fingerprint density at radius 2 is 2.14 bits per heavy atom. The first-order valence-corrected chi connectivity index (χ1v) is 7.16. The van der Waals surface area contributed by atoms with Gasteiger partial charge < -0.3 is 10.6 Å². The van der Waals surface area contributed by atoms with Crippen molar-refractivity contribution in [3.05, 3.63) is 41.9 Å². The van der Waals surface area contributed by atoms with Crippen LogP contribution in [0.3, 0.4) is 0 Å². The average Bonchev–Trinajstić information content (AvgIpc) is 2.91. The quantitative estimate of drug-likeness (QED) is 0.811. The smallest absolute Gasteiger partial charge is 0.269 e. The highest BCUT2D eigenvalue weighted by atomic mass is 16.1. The average molecular weight is 287 g/mol. The molecule has 2 heterocycles. The van der Waals surface area contributed by atoms with E-state index in [-0.39, 0.29) is 5.91 Å². The second-order valence-electron chi connectivity index (χ2n) is 4.82. The maximum absolute atomic E-state index is 12.0. The molecule has 0 unspecified atom stereocenters. The van der Waals surface area contributed by atoms with Gasteiger partial charge in [0.1, 0.15) is 11.5 Å². The molecule has 0 radical (unpaired) electrons. The van der Waals surface area contributed by atoms with Crippen LogP contribution in [0.25, 0.3) is 0 Å². The van der Waals surface area contributed by atoms with Crippen molar-refractivity contribution in [2.75, 3.05) is 18.4 Å². The van der Waals surface area contributed by atoms with Crippen molar-refractivity contribution in [1.82, 2.24) is 20.1 Å². The molecule has 0 saturated carbocycles. The Kier molecular flexibility index (Phi) is 5.31. The van der Waals surface area contributed by atoms with Crippen LogP contribution in [0.1, 0.15) is 29.5 Å². The zero-order valence-corrected chi connectivity index (χ0v) is 12.5. The lowest BCUT2D eigenvalue weighted by Crippen LogP contribution is -2.26. The molecule has 0 aliphatic carbocycles. The molecule has 1 amide bonds. The van der Waals surface area contributed by atoms with Gasteiger partial charge in [-0.25, -0.2) is 4.98 Å². The highest BCUT2D eigenvalue weighted by molar-refractivity contribution is 5.92. The maximum atomic E-state index is 12.0. The molecule has 2 aromatic rings. The van der Waals surface area contributed by atoms with Crippen molar-refractivity contribution in [2.45, 2.75) is 19.8 Å². The molecule has 0 aromatic carbocycles. The number of hydrogen-bond acceptors (Lipinski definition) is 4. The van der Waals surface area contributed by atoms with Crippen molar-refractivity contribution in [3.8, 4) is 0 Å². The molecular formula is C15H21N5O. The van der Waals surface area contributed by atoms with Crippen molar-refractivity contribution >= 4 is 11.7 Å². The van der Waals surface area contributed by atoms with E-state index in [0.717, 1.165) is 24.5 Å². The van der Waals surface area contributed by atoms with Crippen LogP contribution < -0.4 is 10.6 Å². The van der Waals surface area contributed by atoms with E-state index in [4.69, 9.17) is 0 Å². The molecule has 0 aliphatic rings. The van der Waals surface area contributed by atoms with Crippen LogP contribution in [0, 0.1) is 0 Å². The Morgan fingerprint density at radius 1 is 1.29 bits per heavy atom. The third-order valence-corrected chi connectivity index (χ3v) is 2.97. The first-order valence-electron chi connectivity index (χ1n) is 7.16. The first kappa shape index (κ1) is 15.0. The Morgan fingerprint density at radius 3 is 2.86 bits per heavy atom. The molecule has 0 fully saturated rings. The summed E-state index contributed by atoms with van der Waals surface area (Å²) in [7, 11) is 1.88. The number of carbonyl (C=O) groups excluding carboxylic acids is 1. The van der Waals surface area contributed by atoms with Gasteiger partial charge in [-0.15, -0.1) is 0 Å². The van der Waals surface area contributed by atoms with Gasteiger partial charge in [-0.3, -0.25) is 9.48 Å². The van der Waals surface area contributed by atoms with Crippen LogP contribution in [0.5, 0.6) is 0 Å². The largest absolute Gasteiger partial charge is 0.370 e. The maximum Gasteiger partial charge on any atom is 0.269 e. The lowest BCUT2D eigenvalue weighted by atomic mass is 10.3. The number of rotatable bonds is 7. The lowest BCUT2D eigenvalue weighted by molar-refractivity contribution is 0.0949. The molecule has 2 rings (SSSR count). The number of amides is 1. The first-order chi connectivity index (χ1) is 10.2. The number of aromatic nitrogens is 3. The molecule has 0 bridgehead atoms. The highest BCUT2D eigenvalue weighted by Crippen LogP contribution is 2.05. The molecule has 6 heteroatoms. The van der Waals surface area contributed by atoms with Crippen molar-refractivity contribution in [3.63, 3.8) is 0 Å². The number of pyridine rings is 1. The molecule has 2 N–H and O–H groups in total. The normalized spacial score (nSPS) is 10.4. The number of carbonyl (C=O) groups is 1. The van der Waals surface area contributed by atoms with E-state index < -0.39 is 0 Å². The van der Waals surface area contributed by atoms with Gasteiger partial charge in [-0.1, -0.05) is 13.0 Å². The van der Waals surface area contributed by atoms with Crippen LogP contribution in [0.2, 0.25) is 0 Å². The summed E-state index contributed by atoms with van der Waals surface area (Å²) in [6.45, 7) is 3.48. The van der Waals surface area contributed by atoms with E-state index in [0.29, 0.717) is 18.7 Å². The van der Waals surface area contributed by atoms with Crippen LogP contribution >= 0.6 is 0 Å². The predicted octanol–water partition coefficient (Wildman–Crippen LogP) is 1.61. The number of nitrogens with zero attached hydrogens (tertiary/aromatic N) is 3.